The van der Waals surface area contributed by atoms with E-state index in [9.17, 15) is 9.59 Å². The van der Waals surface area contributed by atoms with Crippen LogP contribution in [0.5, 0.6) is 0 Å². The van der Waals surface area contributed by atoms with Crippen LogP contribution in [0.25, 0.3) is 10.8 Å². The molecule has 6 nitrogen and oxygen atoms in total. The number of carbonyl (C=O) groups excluding carboxylic acids is 1. The van der Waals surface area contributed by atoms with E-state index in [1.165, 1.54) is 0 Å². The summed E-state index contributed by atoms with van der Waals surface area (Å²) in [4.78, 5) is 29.1. The number of hydrogen-bond donors (Lipinski definition) is 2. The summed E-state index contributed by atoms with van der Waals surface area (Å²) in [5.74, 6) is -0.228. The van der Waals surface area contributed by atoms with Gasteiger partial charge in [0.05, 0.1) is 5.39 Å². The molecule has 1 aliphatic carbocycles. The number of aromatic amines is 1. The highest BCUT2D eigenvalue weighted by Crippen LogP contribution is 2.35. The van der Waals surface area contributed by atoms with Gasteiger partial charge in [-0.1, -0.05) is 30.0 Å². The van der Waals surface area contributed by atoms with Crippen molar-refractivity contribution in [2.45, 2.75) is 48.2 Å². The molecule has 2 aromatic heterocycles. The third kappa shape index (κ3) is 4.06. The van der Waals surface area contributed by atoms with E-state index in [1.54, 1.807) is 29.5 Å². The van der Waals surface area contributed by atoms with Crippen LogP contribution >= 0.6 is 23.1 Å². The third-order valence-electron chi connectivity index (χ3n) is 4.79. The van der Waals surface area contributed by atoms with Crippen LogP contribution in [0.3, 0.4) is 0 Å². The van der Waals surface area contributed by atoms with Gasteiger partial charge in [-0.05, 0) is 38.7 Å². The number of rotatable bonds is 4. The number of aryl methyl sites for hydroxylation is 1. The highest BCUT2D eigenvalue weighted by molar-refractivity contribution is 8.01. The quantitative estimate of drug-likeness (QED) is 0.700. The Hall–Kier alpha value is -2.19. The highest BCUT2D eigenvalue weighted by Gasteiger charge is 2.25. The number of fused-ring (bicyclic) bond motifs is 1. The first kappa shape index (κ1) is 18.2. The predicted octanol–water partition coefficient (Wildman–Crippen LogP) is 3.52. The average molecular weight is 401 g/mol. The summed E-state index contributed by atoms with van der Waals surface area (Å²) in [6.45, 7) is 2.02. The predicted molar refractivity (Wildman–Crippen MR) is 109 cm³/mol. The van der Waals surface area contributed by atoms with Gasteiger partial charge in [0.25, 0.3) is 11.5 Å². The molecule has 0 unspecified atom stereocenters. The van der Waals surface area contributed by atoms with Gasteiger partial charge in [-0.15, -0.1) is 11.3 Å². The molecule has 0 aliphatic heterocycles. The van der Waals surface area contributed by atoms with E-state index in [0.29, 0.717) is 16.0 Å². The average Bonchev–Trinajstić information content (AvgIpc) is 3.08. The summed E-state index contributed by atoms with van der Waals surface area (Å²) in [6, 6.07) is 7.19. The van der Waals surface area contributed by atoms with Crippen molar-refractivity contribution >= 4 is 39.8 Å². The van der Waals surface area contributed by atoms with Crippen LogP contribution in [0.4, 0.5) is 0 Å². The van der Waals surface area contributed by atoms with E-state index in [0.717, 1.165) is 35.7 Å². The molecule has 1 fully saturated rings. The van der Waals surface area contributed by atoms with Crippen molar-refractivity contribution < 1.29 is 4.79 Å². The molecule has 27 heavy (non-hydrogen) atoms. The number of thiazole rings is 1. The topological polar surface area (TPSA) is 87.7 Å². The molecule has 140 valence electrons. The van der Waals surface area contributed by atoms with Gasteiger partial charge in [-0.3, -0.25) is 9.59 Å². The Kier molecular flexibility index (Phi) is 5.27. The fourth-order valence-electron chi connectivity index (χ4n) is 3.40. The molecule has 1 aliphatic rings. The second-order valence-corrected chi connectivity index (χ2v) is 9.17. The number of nitrogens with one attached hydrogen (secondary N) is 2. The van der Waals surface area contributed by atoms with Gasteiger partial charge in [0.1, 0.15) is 4.34 Å². The minimum atomic E-state index is -0.280. The summed E-state index contributed by atoms with van der Waals surface area (Å²) >= 11 is 3.55. The van der Waals surface area contributed by atoms with E-state index in [2.05, 4.69) is 25.9 Å². The minimum absolute atomic E-state index is 0.139. The number of nitrogens with zero attached hydrogens (tertiary/aromatic N) is 2. The molecule has 0 bridgehead atoms. The number of benzene rings is 1. The molecule has 1 saturated carbocycles. The number of aromatic nitrogens is 3. The van der Waals surface area contributed by atoms with Gasteiger partial charge in [0, 0.05) is 27.8 Å². The van der Waals surface area contributed by atoms with Gasteiger partial charge in [-0.25, -0.2) is 10.1 Å². The number of amides is 1. The molecule has 8 heteroatoms. The Morgan fingerprint density at radius 3 is 2.67 bits per heavy atom. The number of thioether (sulfide) groups is 1. The lowest BCUT2D eigenvalue weighted by atomic mass is 9.95. The molecular weight excluding hydrogens is 380 g/mol. The summed E-state index contributed by atoms with van der Waals surface area (Å²) < 4.78 is 1.13. The van der Waals surface area contributed by atoms with Crippen LogP contribution in [0, 0.1) is 6.92 Å². The van der Waals surface area contributed by atoms with Crippen molar-refractivity contribution in [3.8, 4) is 0 Å². The van der Waals surface area contributed by atoms with E-state index in [1.807, 2.05) is 24.8 Å². The van der Waals surface area contributed by atoms with Gasteiger partial charge in [0.15, 0.2) is 5.69 Å². The van der Waals surface area contributed by atoms with Crippen LogP contribution in [0.1, 0.15) is 41.9 Å². The van der Waals surface area contributed by atoms with Crippen LogP contribution in [-0.4, -0.2) is 32.4 Å². The van der Waals surface area contributed by atoms with Gasteiger partial charge >= 0.3 is 0 Å². The minimum Gasteiger partial charge on any atom is -0.348 e. The lowest BCUT2D eigenvalue weighted by Crippen LogP contribution is -2.39. The van der Waals surface area contributed by atoms with Crippen molar-refractivity contribution in [1.29, 1.82) is 0 Å². The Balaban J connectivity index is 1.39. The SMILES string of the molecule is Cc1csc(SC2CCC(NC(=O)c3n[nH]c(=O)c4ccccc34)CC2)n1. The first-order valence-electron chi connectivity index (χ1n) is 8.97. The zero-order chi connectivity index (χ0) is 18.8. The smallest absolute Gasteiger partial charge is 0.272 e. The summed E-state index contributed by atoms with van der Waals surface area (Å²) in [7, 11) is 0. The van der Waals surface area contributed by atoms with E-state index in [-0.39, 0.29) is 23.2 Å². The molecule has 4 rings (SSSR count). The lowest BCUT2D eigenvalue weighted by Gasteiger charge is -2.28. The van der Waals surface area contributed by atoms with Crippen LogP contribution in [0.15, 0.2) is 38.8 Å². The third-order valence-corrected chi connectivity index (χ3v) is 7.21. The number of H-pyrrole nitrogens is 1. The zero-order valence-electron chi connectivity index (χ0n) is 14.9. The fourth-order valence-corrected chi connectivity index (χ4v) is 5.68. The maximum Gasteiger partial charge on any atom is 0.272 e. The van der Waals surface area contributed by atoms with Crippen molar-refractivity contribution in [3.05, 3.63) is 51.4 Å². The van der Waals surface area contributed by atoms with Crippen molar-refractivity contribution in [2.75, 3.05) is 0 Å². The van der Waals surface area contributed by atoms with Crippen molar-refractivity contribution in [1.82, 2.24) is 20.5 Å². The molecule has 3 aromatic rings. The van der Waals surface area contributed by atoms with Crippen LogP contribution in [0.2, 0.25) is 0 Å². The van der Waals surface area contributed by atoms with Crippen molar-refractivity contribution in [3.63, 3.8) is 0 Å². The standard InChI is InChI=1S/C19H20N4O2S2/c1-11-10-26-19(20-11)27-13-8-6-12(7-9-13)21-18(25)16-14-4-2-3-5-15(14)17(24)23-22-16/h2-5,10,12-13H,6-9H2,1H3,(H,21,25)(H,23,24). The maximum atomic E-state index is 12.7. The molecule has 0 spiro atoms. The second-order valence-electron chi connectivity index (χ2n) is 6.77. The lowest BCUT2D eigenvalue weighted by molar-refractivity contribution is 0.0924. The first-order chi connectivity index (χ1) is 13.1. The van der Waals surface area contributed by atoms with Crippen LogP contribution < -0.4 is 10.9 Å². The fraction of sp³-hybridized carbons (Fsp3) is 0.368. The summed E-state index contributed by atoms with van der Waals surface area (Å²) in [5.41, 5.74) is 1.07. The molecule has 0 radical (unpaired) electrons. The summed E-state index contributed by atoms with van der Waals surface area (Å²) in [5, 5.41) is 13.2. The monoisotopic (exact) mass is 400 g/mol. The van der Waals surface area contributed by atoms with Gasteiger partial charge < -0.3 is 5.32 Å². The highest BCUT2D eigenvalue weighted by atomic mass is 32.2. The number of carbonyl (C=O) groups is 1. The van der Waals surface area contributed by atoms with Crippen molar-refractivity contribution in [2.24, 2.45) is 0 Å². The van der Waals surface area contributed by atoms with Crippen LogP contribution in [-0.2, 0) is 0 Å². The molecule has 1 amide bonds. The Bertz CT molecular complexity index is 1020. The first-order valence-corrected chi connectivity index (χ1v) is 10.7. The maximum absolute atomic E-state index is 12.7. The Morgan fingerprint density at radius 1 is 1.22 bits per heavy atom. The molecule has 1 aromatic carbocycles. The molecule has 2 N–H and O–H groups in total. The molecule has 2 heterocycles. The van der Waals surface area contributed by atoms with Gasteiger partial charge in [-0.2, -0.15) is 5.10 Å². The molecular formula is C19H20N4O2S2. The largest absolute Gasteiger partial charge is 0.348 e. The van der Waals surface area contributed by atoms with E-state index < -0.39 is 0 Å². The zero-order valence-corrected chi connectivity index (χ0v) is 16.5. The second kappa shape index (κ2) is 7.82. The van der Waals surface area contributed by atoms with E-state index in [4.69, 9.17) is 0 Å². The molecule has 0 atom stereocenters. The van der Waals surface area contributed by atoms with E-state index >= 15 is 0 Å². The summed E-state index contributed by atoms with van der Waals surface area (Å²) in [6.07, 6.45) is 3.98. The number of hydrogen-bond acceptors (Lipinski definition) is 6. The Labute approximate surface area is 164 Å². The molecule has 0 saturated heterocycles. The van der Waals surface area contributed by atoms with Gasteiger partial charge in [0.2, 0.25) is 0 Å². The Morgan fingerprint density at radius 2 is 1.96 bits per heavy atom. The normalized spacial score (nSPS) is 19.9.